The van der Waals surface area contributed by atoms with Crippen molar-refractivity contribution in [2.75, 3.05) is 0 Å². The standard InChI is InChI=1S/C11H12N2O/c1-9-5-3-2-4-6-10(8-14)7-11(12)13-9/h2-5,7-8H,1,6H2,(H2,12,13)/b4-2-,5-3-,10-7?. The first-order chi connectivity index (χ1) is 6.72. The van der Waals surface area contributed by atoms with Crippen LogP contribution in [0.1, 0.15) is 6.42 Å². The van der Waals surface area contributed by atoms with Crippen molar-refractivity contribution in [1.82, 2.24) is 0 Å². The number of carbonyl (C=O) groups excluding carboxylic acids is 1. The van der Waals surface area contributed by atoms with Crippen LogP contribution >= 0.6 is 0 Å². The summed E-state index contributed by atoms with van der Waals surface area (Å²) in [7, 11) is 0. The minimum absolute atomic E-state index is 0.303. The number of rotatable bonds is 1. The number of hydrogen-bond acceptors (Lipinski definition) is 3. The van der Waals surface area contributed by atoms with Gasteiger partial charge in [0.2, 0.25) is 0 Å². The highest BCUT2D eigenvalue weighted by Gasteiger charge is 1.95. The molecule has 1 rings (SSSR count). The molecule has 0 spiro atoms. The normalized spacial score (nSPS) is 21.9. The lowest BCUT2D eigenvalue weighted by Crippen LogP contribution is -2.09. The molecule has 2 N–H and O–H groups in total. The summed E-state index contributed by atoms with van der Waals surface area (Å²) in [6, 6.07) is 0. The number of amidine groups is 1. The Kier molecular flexibility index (Phi) is 3.61. The molecular formula is C11H12N2O. The lowest BCUT2D eigenvalue weighted by molar-refractivity contribution is -0.104. The summed E-state index contributed by atoms with van der Waals surface area (Å²) in [5, 5.41) is 0. The number of hydrogen-bond donors (Lipinski definition) is 1. The van der Waals surface area contributed by atoms with Gasteiger partial charge in [0, 0.05) is 0 Å². The van der Waals surface area contributed by atoms with Crippen LogP contribution in [0.2, 0.25) is 0 Å². The van der Waals surface area contributed by atoms with Gasteiger partial charge in [0.25, 0.3) is 0 Å². The molecule has 0 fully saturated rings. The first-order valence-corrected chi connectivity index (χ1v) is 4.24. The summed E-state index contributed by atoms with van der Waals surface area (Å²) in [5.41, 5.74) is 6.74. The maximum atomic E-state index is 10.6. The van der Waals surface area contributed by atoms with Gasteiger partial charge in [-0.1, -0.05) is 24.8 Å². The van der Waals surface area contributed by atoms with Gasteiger partial charge in [0.15, 0.2) is 0 Å². The molecular weight excluding hydrogens is 176 g/mol. The predicted molar refractivity (Wildman–Crippen MR) is 57.8 cm³/mol. The van der Waals surface area contributed by atoms with Crippen molar-refractivity contribution in [3.05, 3.63) is 48.2 Å². The van der Waals surface area contributed by atoms with Crippen LogP contribution in [0.4, 0.5) is 0 Å². The highest BCUT2D eigenvalue weighted by molar-refractivity contribution is 5.97. The van der Waals surface area contributed by atoms with Crippen LogP contribution in [-0.2, 0) is 4.79 Å². The van der Waals surface area contributed by atoms with Crippen LogP contribution in [-0.4, -0.2) is 12.1 Å². The first kappa shape index (κ1) is 10.2. The maximum absolute atomic E-state index is 10.6. The van der Waals surface area contributed by atoms with Gasteiger partial charge in [-0.15, -0.1) is 0 Å². The third-order valence-electron chi connectivity index (χ3n) is 1.65. The van der Waals surface area contributed by atoms with Crippen molar-refractivity contribution in [2.24, 2.45) is 10.7 Å². The predicted octanol–water partition coefficient (Wildman–Crippen LogP) is 1.50. The number of aliphatic imine (C=N–C) groups is 1. The van der Waals surface area contributed by atoms with Gasteiger partial charge in [-0.25, -0.2) is 4.99 Å². The van der Waals surface area contributed by atoms with E-state index in [4.69, 9.17) is 5.73 Å². The Labute approximate surface area is 83.0 Å². The summed E-state index contributed by atoms with van der Waals surface area (Å²) >= 11 is 0. The summed E-state index contributed by atoms with van der Waals surface area (Å²) < 4.78 is 0. The third kappa shape index (κ3) is 3.23. The Hall–Kier alpha value is -1.90. The van der Waals surface area contributed by atoms with E-state index < -0.39 is 0 Å². The molecule has 1 aliphatic rings. The second-order valence-electron chi connectivity index (χ2n) is 2.86. The van der Waals surface area contributed by atoms with Crippen LogP contribution in [0.15, 0.2) is 53.2 Å². The van der Waals surface area contributed by atoms with E-state index in [2.05, 4.69) is 11.6 Å². The van der Waals surface area contributed by atoms with Crippen molar-refractivity contribution in [2.45, 2.75) is 6.42 Å². The molecule has 3 nitrogen and oxygen atoms in total. The summed E-state index contributed by atoms with van der Waals surface area (Å²) in [5.74, 6) is 0.303. The monoisotopic (exact) mass is 188 g/mol. The van der Waals surface area contributed by atoms with Gasteiger partial charge < -0.3 is 5.73 Å². The van der Waals surface area contributed by atoms with E-state index in [1.54, 1.807) is 12.2 Å². The fourth-order valence-electron chi connectivity index (χ4n) is 1.02. The zero-order valence-electron chi connectivity index (χ0n) is 7.81. The van der Waals surface area contributed by atoms with E-state index in [9.17, 15) is 4.79 Å². The largest absolute Gasteiger partial charge is 0.384 e. The Morgan fingerprint density at radius 3 is 3.00 bits per heavy atom. The average molecular weight is 188 g/mol. The van der Waals surface area contributed by atoms with Crippen molar-refractivity contribution < 1.29 is 4.79 Å². The third-order valence-corrected chi connectivity index (χ3v) is 1.65. The van der Waals surface area contributed by atoms with Crippen molar-refractivity contribution in [3.63, 3.8) is 0 Å². The molecule has 0 bridgehead atoms. The highest BCUT2D eigenvalue weighted by Crippen LogP contribution is 2.03. The minimum atomic E-state index is 0.303. The molecule has 0 aliphatic carbocycles. The zero-order valence-corrected chi connectivity index (χ0v) is 7.81. The van der Waals surface area contributed by atoms with Gasteiger partial charge in [0.05, 0.1) is 5.70 Å². The molecule has 0 saturated carbocycles. The Morgan fingerprint density at radius 2 is 2.29 bits per heavy atom. The van der Waals surface area contributed by atoms with E-state index in [0.717, 1.165) is 6.29 Å². The average Bonchev–Trinajstić information content (AvgIpc) is 2.15. The second-order valence-corrected chi connectivity index (χ2v) is 2.86. The molecule has 3 heteroatoms. The second kappa shape index (κ2) is 4.97. The molecule has 0 aromatic rings. The number of nitrogens with two attached hydrogens (primary N) is 1. The maximum Gasteiger partial charge on any atom is 0.146 e. The molecule has 0 atom stereocenters. The van der Waals surface area contributed by atoms with E-state index in [1.807, 2.05) is 18.2 Å². The molecule has 0 unspecified atom stereocenters. The van der Waals surface area contributed by atoms with Gasteiger partial charge in [0.1, 0.15) is 12.1 Å². The smallest absolute Gasteiger partial charge is 0.146 e. The molecule has 0 amide bonds. The van der Waals surface area contributed by atoms with Gasteiger partial charge in [-0.05, 0) is 24.1 Å². The topological polar surface area (TPSA) is 55.5 Å². The molecule has 0 aromatic carbocycles. The van der Waals surface area contributed by atoms with Crippen LogP contribution in [0, 0.1) is 0 Å². The van der Waals surface area contributed by atoms with E-state index in [0.29, 0.717) is 23.5 Å². The SMILES string of the molecule is C=C1/C=C\C=C/CC(C=O)=CC(N)=N1. The Morgan fingerprint density at radius 1 is 1.50 bits per heavy atom. The van der Waals surface area contributed by atoms with E-state index >= 15 is 0 Å². The lowest BCUT2D eigenvalue weighted by Gasteiger charge is -1.98. The molecule has 0 saturated heterocycles. The summed E-state index contributed by atoms with van der Waals surface area (Å²) in [6.45, 7) is 3.68. The van der Waals surface area contributed by atoms with Crippen molar-refractivity contribution >= 4 is 12.1 Å². The number of nitrogens with zero attached hydrogens (tertiary/aromatic N) is 1. The first-order valence-electron chi connectivity index (χ1n) is 4.24. The molecule has 0 radical (unpaired) electrons. The molecule has 1 aliphatic heterocycles. The van der Waals surface area contributed by atoms with Crippen molar-refractivity contribution in [3.8, 4) is 0 Å². The number of aldehydes is 1. The van der Waals surface area contributed by atoms with Crippen LogP contribution in [0.25, 0.3) is 0 Å². The van der Waals surface area contributed by atoms with Gasteiger partial charge in [-0.2, -0.15) is 0 Å². The molecule has 0 aromatic heterocycles. The number of carbonyl (C=O) groups is 1. The zero-order chi connectivity index (χ0) is 10.4. The van der Waals surface area contributed by atoms with Crippen LogP contribution in [0.5, 0.6) is 0 Å². The van der Waals surface area contributed by atoms with E-state index in [1.165, 1.54) is 0 Å². The van der Waals surface area contributed by atoms with Crippen LogP contribution < -0.4 is 5.73 Å². The molecule has 72 valence electrons. The minimum Gasteiger partial charge on any atom is -0.384 e. The Balaban J connectivity index is 3.00. The van der Waals surface area contributed by atoms with Crippen LogP contribution in [0.3, 0.4) is 0 Å². The quantitative estimate of drug-likeness (QED) is 0.634. The summed E-state index contributed by atoms with van der Waals surface area (Å²) in [6.07, 6.45) is 10.2. The van der Waals surface area contributed by atoms with Crippen molar-refractivity contribution in [1.29, 1.82) is 0 Å². The van der Waals surface area contributed by atoms with Gasteiger partial charge in [-0.3, -0.25) is 4.79 Å². The van der Waals surface area contributed by atoms with Gasteiger partial charge >= 0.3 is 0 Å². The van der Waals surface area contributed by atoms with E-state index in [-0.39, 0.29) is 0 Å². The Bertz CT molecular complexity index is 359. The molecule has 1 heterocycles. The molecule has 14 heavy (non-hydrogen) atoms. The lowest BCUT2D eigenvalue weighted by atomic mass is 10.1. The summed E-state index contributed by atoms with van der Waals surface area (Å²) in [4.78, 5) is 14.6. The number of allylic oxidation sites excluding steroid dienone is 5. The highest BCUT2D eigenvalue weighted by atomic mass is 16.1. The fraction of sp³-hybridized carbons (Fsp3) is 0.0909. The fourth-order valence-corrected chi connectivity index (χ4v) is 1.02.